The van der Waals surface area contributed by atoms with E-state index in [1.165, 1.54) is 0 Å². The fraction of sp³-hybridized carbons (Fsp3) is 0.316. The van der Waals surface area contributed by atoms with E-state index >= 15 is 0 Å². The van der Waals surface area contributed by atoms with E-state index in [-0.39, 0.29) is 19.2 Å². The van der Waals surface area contributed by atoms with Gasteiger partial charge in [0.2, 0.25) is 12.7 Å². The van der Waals surface area contributed by atoms with Crippen LogP contribution < -0.4 is 24.8 Å². The lowest BCUT2D eigenvalue weighted by atomic mass is 10.1. The summed E-state index contributed by atoms with van der Waals surface area (Å²) < 4.78 is 15.8. The number of ether oxygens (including phenoxy) is 3. The highest BCUT2D eigenvalue weighted by molar-refractivity contribution is 5.77. The molecule has 0 fully saturated rings. The second kappa shape index (κ2) is 8.39. The molecule has 132 valence electrons. The van der Waals surface area contributed by atoms with E-state index in [0.717, 1.165) is 34.8 Å². The second-order valence-corrected chi connectivity index (χ2v) is 5.74. The molecular formula is C19H22N2O4. The van der Waals surface area contributed by atoms with Crippen molar-refractivity contribution in [3.05, 3.63) is 53.6 Å². The van der Waals surface area contributed by atoms with Crippen molar-refractivity contribution in [1.82, 2.24) is 10.6 Å². The molecule has 2 aromatic rings. The Morgan fingerprint density at radius 3 is 2.88 bits per heavy atom. The number of rotatable bonds is 8. The average Bonchev–Trinajstić information content (AvgIpc) is 3.10. The predicted molar refractivity (Wildman–Crippen MR) is 94.0 cm³/mol. The van der Waals surface area contributed by atoms with E-state index in [1.54, 1.807) is 7.11 Å². The molecule has 0 saturated heterocycles. The maximum Gasteiger partial charge on any atom is 0.233 e. The molecule has 1 amide bonds. The van der Waals surface area contributed by atoms with Gasteiger partial charge in [0.25, 0.3) is 0 Å². The normalized spacial score (nSPS) is 12.0. The number of carbonyl (C=O) groups is 1. The van der Waals surface area contributed by atoms with Crippen molar-refractivity contribution in [2.75, 3.05) is 27.0 Å². The number of fused-ring (bicyclic) bond motifs is 1. The molecule has 6 nitrogen and oxygen atoms in total. The number of hydrogen-bond acceptors (Lipinski definition) is 5. The van der Waals surface area contributed by atoms with Gasteiger partial charge < -0.3 is 24.8 Å². The molecule has 25 heavy (non-hydrogen) atoms. The van der Waals surface area contributed by atoms with Crippen LogP contribution in [0.1, 0.15) is 11.1 Å². The third-order valence-electron chi connectivity index (χ3n) is 3.92. The summed E-state index contributed by atoms with van der Waals surface area (Å²) in [7, 11) is 1.65. The third-order valence-corrected chi connectivity index (χ3v) is 3.92. The molecule has 2 aromatic carbocycles. The standard InChI is InChI=1S/C19H22N2O4/c1-23-16-4-2-3-14(9-16)7-8-21-19(22)12-20-11-15-5-6-17-18(10-15)25-13-24-17/h2-6,9-10,20H,7-8,11-13H2,1H3,(H,21,22). The minimum Gasteiger partial charge on any atom is -0.497 e. The first kappa shape index (κ1) is 17.1. The number of carbonyl (C=O) groups excluding carboxylic acids is 1. The molecule has 0 aromatic heterocycles. The number of nitrogens with one attached hydrogen (secondary N) is 2. The van der Waals surface area contributed by atoms with E-state index in [0.29, 0.717) is 13.1 Å². The monoisotopic (exact) mass is 342 g/mol. The molecule has 0 saturated carbocycles. The predicted octanol–water partition coefficient (Wildman–Crippen LogP) is 1.87. The average molecular weight is 342 g/mol. The first-order chi connectivity index (χ1) is 12.2. The molecule has 2 N–H and O–H groups in total. The highest BCUT2D eigenvalue weighted by atomic mass is 16.7. The van der Waals surface area contributed by atoms with Crippen LogP contribution in [0.2, 0.25) is 0 Å². The quantitative estimate of drug-likeness (QED) is 0.767. The van der Waals surface area contributed by atoms with Gasteiger partial charge in [0.1, 0.15) is 5.75 Å². The summed E-state index contributed by atoms with van der Waals surface area (Å²) >= 11 is 0. The zero-order valence-corrected chi connectivity index (χ0v) is 14.2. The Bertz CT molecular complexity index is 733. The van der Waals surface area contributed by atoms with Crippen molar-refractivity contribution in [2.45, 2.75) is 13.0 Å². The van der Waals surface area contributed by atoms with Gasteiger partial charge in [-0.25, -0.2) is 0 Å². The second-order valence-electron chi connectivity index (χ2n) is 5.74. The van der Waals surface area contributed by atoms with Crippen LogP contribution >= 0.6 is 0 Å². The first-order valence-electron chi connectivity index (χ1n) is 8.23. The van der Waals surface area contributed by atoms with Crippen LogP contribution in [0.5, 0.6) is 17.2 Å². The van der Waals surface area contributed by atoms with Gasteiger partial charge >= 0.3 is 0 Å². The Morgan fingerprint density at radius 1 is 1.12 bits per heavy atom. The molecule has 0 radical (unpaired) electrons. The lowest BCUT2D eigenvalue weighted by Crippen LogP contribution is -2.34. The summed E-state index contributed by atoms with van der Waals surface area (Å²) in [5.41, 5.74) is 2.18. The maximum atomic E-state index is 11.9. The fourth-order valence-corrected chi connectivity index (χ4v) is 2.61. The Labute approximate surface area is 147 Å². The SMILES string of the molecule is COc1cccc(CCNC(=O)CNCc2ccc3c(c2)OCO3)c1. The summed E-state index contributed by atoms with van der Waals surface area (Å²) in [6, 6.07) is 13.6. The molecule has 1 aliphatic rings. The van der Waals surface area contributed by atoms with Crippen molar-refractivity contribution in [3.8, 4) is 17.2 Å². The Hall–Kier alpha value is -2.73. The van der Waals surface area contributed by atoms with E-state index < -0.39 is 0 Å². The van der Waals surface area contributed by atoms with E-state index in [1.807, 2.05) is 42.5 Å². The summed E-state index contributed by atoms with van der Waals surface area (Å²) in [6.07, 6.45) is 0.769. The zero-order chi connectivity index (χ0) is 17.5. The van der Waals surface area contributed by atoms with Crippen LogP contribution in [0.4, 0.5) is 0 Å². The minimum atomic E-state index is -0.0244. The molecule has 6 heteroatoms. The van der Waals surface area contributed by atoms with Gasteiger partial charge in [-0.05, 0) is 41.8 Å². The maximum absolute atomic E-state index is 11.9. The van der Waals surface area contributed by atoms with Crippen molar-refractivity contribution >= 4 is 5.91 Å². The molecule has 1 heterocycles. The van der Waals surface area contributed by atoms with E-state index in [4.69, 9.17) is 14.2 Å². The molecule has 1 aliphatic heterocycles. The van der Waals surface area contributed by atoms with Gasteiger partial charge in [0, 0.05) is 13.1 Å². The molecule has 0 aliphatic carbocycles. The molecule has 0 spiro atoms. The topological polar surface area (TPSA) is 68.8 Å². The highest BCUT2D eigenvalue weighted by Gasteiger charge is 2.13. The van der Waals surface area contributed by atoms with Crippen LogP contribution in [-0.4, -0.2) is 32.9 Å². The van der Waals surface area contributed by atoms with Gasteiger partial charge in [-0.3, -0.25) is 4.79 Å². The first-order valence-corrected chi connectivity index (χ1v) is 8.23. The number of hydrogen-bond donors (Lipinski definition) is 2. The van der Waals surface area contributed by atoms with E-state index in [9.17, 15) is 4.79 Å². The smallest absolute Gasteiger partial charge is 0.233 e. The highest BCUT2D eigenvalue weighted by Crippen LogP contribution is 2.32. The molecule has 0 bridgehead atoms. The summed E-state index contributed by atoms with van der Waals surface area (Å²) in [4.78, 5) is 11.9. The molecule has 0 atom stereocenters. The van der Waals surface area contributed by atoms with Gasteiger partial charge in [-0.2, -0.15) is 0 Å². The largest absolute Gasteiger partial charge is 0.497 e. The van der Waals surface area contributed by atoms with Gasteiger partial charge in [0.15, 0.2) is 11.5 Å². The Kier molecular flexibility index (Phi) is 5.74. The fourth-order valence-electron chi connectivity index (χ4n) is 2.61. The van der Waals surface area contributed by atoms with Crippen molar-refractivity contribution in [2.24, 2.45) is 0 Å². The molecular weight excluding hydrogens is 320 g/mol. The van der Waals surface area contributed by atoms with Gasteiger partial charge in [0.05, 0.1) is 13.7 Å². The van der Waals surface area contributed by atoms with E-state index in [2.05, 4.69) is 10.6 Å². The van der Waals surface area contributed by atoms with Crippen molar-refractivity contribution < 1.29 is 19.0 Å². The minimum absolute atomic E-state index is 0.0244. The molecule has 0 unspecified atom stereocenters. The lowest BCUT2D eigenvalue weighted by molar-refractivity contribution is -0.120. The summed E-state index contributed by atoms with van der Waals surface area (Å²) in [5, 5.41) is 6.04. The Morgan fingerprint density at radius 2 is 2.00 bits per heavy atom. The Balaban J connectivity index is 1.35. The number of benzene rings is 2. The van der Waals surface area contributed by atoms with Crippen molar-refractivity contribution in [1.29, 1.82) is 0 Å². The van der Waals surface area contributed by atoms with Crippen LogP contribution in [0, 0.1) is 0 Å². The summed E-state index contributed by atoms with van der Waals surface area (Å²) in [6.45, 7) is 1.73. The number of amides is 1. The lowest BCUT2D eigenvalue weighted by Gasteiger charge is -2.08. The molecule has 3 rings (SSSR count). The summed E-state index contributed by atoms with van der Waals surface area (Å²) in [5.74, 6) is 2.32. The van der Waals surface area contributed by atoms with Crippen LogP contribution in [0.25, 0.3) is 0 Å². The third kappa shape index (κ3) is 4.87. The van der Waals surface area contributed by atoms with Gasteiger partial charge in [-0.15, -0.1) is 0 Å². The van der Waals surface area contributed by atoms with Crippen LogP contribution in [0.3, 0.4) is 0 Å². The van der Waals surface area contributed by atoms with Gasteiger partial charge in [-0.1, -0.05) is 18.2 Å². The van der Waals surface area contributed by atoms with Crippen LogP contribution in [-0.2, 0) is 17.8 Å². The zero-order valence-electron chi connectivity index (χ0n) is 14.2. The van der Waals surface area contributed by atoms with Crippen LogP contribution in [0.15, 0.2) is 42.5 Å². The van der Waals surface area contributed by atoms with Crippen molar-refractivity contribution in [3.63, 3.8) is 0 Å². The number of methoxy groups -OCH3 is 1.